The molecule has 8 nitrogen and oxygen atoms in total. The van der Waals surface area contributed by atoms with E-state index in [0.717, 1.165) is 30.4 Å². The molecule has 1 atom stereocenters. The number of amides is 3. The Hall–Kier alpha value is -3.68. The largest absolute Gasteiger partial charge is 0.485 e. The van der Waals surface area contributed by atoms with Gasteiger partial charge >= 0.3 is 0 Å². The molecular formula is C26H31N3O5. The lowest BCUT2D eigenvalue weighted by molar-refractivity contribution is -0.122. The molecule has 1 aliphatic carbocycles. The fraction of sp³-hybridized carbons (Fsp3) is 0.385. The average molecular weight is 466 g/mol. The van der Waals surface area contributed by atoms with E-state index >= 15 is 0 Å². The number of ether oxygens (including phenoxy) is 1. The van der Waals surface area contributed by atoms with Crippen molar-refractivity contribution < 1.29 is 23.9 Å². The number of hydrogen-bond acceptors (Lipinski definition) is 5. The summed E-state index contributed by atoms with van der Waals surface area (Å²) in [6.45, 7) is 3.62. The molecule has 0 aromatic heterocycles. The number of nitrogens with two attached hydrogens (primary N) is 3. The first-order valence-electron chi connectivity index (χ1n) is 11.4. The summed E-state index contributed by atoms with van der Waals surface area (Å²) in [6.07, 6.45) is 3.50. The second-order valence-corrected chi connectivity index (χ2v) is 9.05. The van der Waals surface area contributed by atoms with Crippen LogP contribution in [0.5, 0.6) is 5.75 Å². The van der Waals surface area contributed by atoms with Gasteiger partial charge in [-0.2, -0.15) is 0 Å². The predicted octanol–water partition coefficient (Wildman–Crippen LogP) is 3.10. The number of Topliss-reactive ketones (excluding diaryl/α,β-unsaturated/α-hetero) is 1. The lowest BCUT2D eigenvalue weighted by Gasteiger charge is -2.55. The van der Waals surface area contributed by atoms with E-state index in [2.05, 4.69) is 5.73 Å². The number of rotatable bonds is 6. The van der Waals surface area contributed by atoms with Crippen molar-refractivity contribution in [3.8, 4) is 16.9 Å². The van der Waals surface area contributed by atoms with Crippen molar-refractivity contribution in [3.05, 3.63) is 53.6 Å². The quantitative estimate of drug-likeness (QED) is 0.598. The number of fused-ring (bicyclic) bond motifs is 1. The third-order valence-corrected chi connectivity index (χ3v) is 6.90. The molecule has 0 saturated heterocycles. The lowest BCUT2D eigenvalue weighted by Crippen LogP contribution is -2.62. The van der Waals surface area contributed by atoms with Gasteiger partial charge in [-0.3, -0.25) is 19.2 Å². The van der Waals surface area contributed by atoms with Crippen LogP contribution < -0.4 is 21.9 Å². The molecule has 2 aromatic carbocycles. The Bertz CT molecular complexity index is 1140. The van der Waals surface area contributed by atoms with Crippen molar-refractivity contribution >= 4 is 23.5 Å². The van der Waals surface area contributed by atoms with Crippen molar-refractivity contribution in [3.63, 3.8) is 0 Å². The average Bonchev–Trinajstić information content (AvgIpc) is 2.79. The van der Waals surface area contributed by atoms with Crippen molar-refractivity contribution in [1.82, 2.24) is 0 Å². The topological polar surface area (TPSA) is 156 Å². The standard InChI is InChI=1S/C23H24N2O4.C3H7NO/c1-22(11-8-19(24)26)20(27)17-7-6-15(13-18(17)29-23(22)9-3-10-23)14-4-2-5-16(12-14)21(25)28;1-2-3(4)5/h2,4-7,12-13H,3,8-11H2,1H3,(H2,24,26)(H2,25,28);2H2,1H3,(H2,4,5). The smallest absolute Gasteiger partial charge is 0.248 e. The minimum absolute atomic E-state index is 0.00265. The maximum atomic E-state index is 13.5. The van der Waals surface area contributed by atoms with Crippen LogP contribution in [0.4, 0.5) is 0 Å². The van der Waals surface area contributed by atoms with Gasteiger partial charge in [0.25, 0.3) is 0 Å². The lowest BCUT2D eigenvalue weighted by atomic mass is 9.56. The van der Waals surface area contributed by atoms with E-state index in [-0.39, 0.29) is 18.1 Å². The minimum Gasteiger partial charge on any atom is -0.485 e. The Kier molecular flexibility index (Phi) is 7.09. The molecule has 2 aliphatic rings. The minimum atomic E-state index is -0.777. The molecule has 2 aromatic rings. The Labute approximate surface area is 198 Å². The normalized spacial score (nSPS) is 19.6. The maximum absolute atomic E-state index is 13.5. The SMILES string of the molecule is CC1(CCC(N)=O)C(=O)c2ccc(-c3cccc(C(N)=O)c3)cc2OC12CCC2.CCC(N)=O. The molecule has 180 valence electrons. The van der Waals surface area contributed by atoms with Gasteiger partial charge in [-0.25, -0.2) is 0 Å². The van der Waals surface area contributed by atoms with Gasteiger partial charge in [-0.1, -0.05) is 25.1 Å². The first-order chi connectivity index (χ1) is 16.0. The molecule has 4 rings (SSSR count). The van der Waals surface area contributed by atoms with Crippen LogP contribution in [0.2, 0.25) is 0 Å². The molecule has 0 bridgehead atoms. The molecule has 6 N–H and O–H groups in total. The van der Waals surface area contributed by atoms with Crippen LogP contribution in [0.15, 0.2) is 42.5 Å². The third kappa shape index (κ3) is 4.66. The summed E-state index contributed by atoms with van der Waals surface area (Å²) in [6, 6.07) is 12.5. The molecule has 1 heterocycles. The first-order valence-corrected chi connectivity index (χ1v) is 11.4. The van der Waals surface area contributed by atoms with Gasteiger partial charge in [0.2, 0.25) is 17.7 Å². The molecular weight excluding hydrogens is 434 g/mol. The number of carbonyl (C=O) groups excluding carboxylic acids is 4. The van der Waals surface area contributed by atoms with Crippen LogP contribution in [-0.2, 0) is 9.59 Å². The van der Waals surface area contributed by atoms with E-state index in [0.29, 0.717) is 29.7 Å². The van der Waals surface area contributed by atoms with Gasteiger partial charge in [0.1, 0.15) is 11.4 Å². The van der Waals surface area contributed by atoms with E-state index in [4.69, 9.17) is 16.2 Å². The fourth-order valence-corrected chi connectivity index (χ4v) is 4.52. The molecule has 1 spiro atoms. The Morgan fingerprint density at radius 3 is 2.15 bits per heavy atom. The number of primary amides is 3. The molecule has 8 heteroatoms. The molecule has 34 heavy (non-hydrogen) atoms. The summed E-state index contributed by atoms with van der Waals surface area (Å²) in [5.74, 6) is -0.603. The molecule has 0 radical (unpaired) electrons. The van der Waals surface area contributed by atoms with Gasteiger partial charge in [0.05, 0.1) is 11.0 Å². The second-order valence-electron chi connectivity index (χ2n) is 9.05. The highest BCUT2D eigenvalue weighted by Crippen LogP contribution is 2.57. The van der Waals surface area contributed by atoms with Crippen molar-refractivity contribution in [2.24, 2.45) is 22.6 Å². The summed E-state index contributed by atoms with van der Waals surface area (Å²) in [5.41, 5.74) is 16.6. The molecule has 1 saturated carbocycles. The van der Waals surface area contributed by atoms with Gasteiger partial charge in [0, 0.05) is 18.4 Å². The molecule has 1 unspecified atom stereocenters. The highest BCUT2D eigenvalue weighted by molar-refractivity contribution is 6.05. The number of hydrogen-bond donors (Lipinski definition) is 3. The van der Waals surface area contributed by atoms with Gasteiger partial charge in [-0.15, -0.1) is 0 Å². The summed E-state index contributed by atoms with van der Waals surface area (Å²) < 4.78 is 6.45. The fourth-order valence-electron chi connectivity index (χ4n) is 4.52. The third-order valence-electron chi connectivity index (χ3n) is 6.90. The maximum Gasteiger partial charge on any atom is 0.248 e. The van der Waals surface area contributed by atoms with Crippen LogP contribution in [0.3, 0.4) is 0 Å². The van der Waals surface area contributed by atoms with E-state index in [1.165, 1.54) is 0 Å². The molecule has 1 fully saturated rings. The van der Waals surface area contributed by atoms with E-state index in [1.54, 1.807) is 31.2 Å². The van der Waals surface area contributed by atoms with Crippen LogP contribution in [0, 0.1) is 5.41 Å². The summed E-state index contributed by atoms with van der Waals surface area (Å²) >= 11 is 0. The highest BCUT2D eigenvalue weighted by atomic mass is 16.5. The Morgan fingerprint density at radius 1 is 0.971 bits per heavy atom. The number of benzene rings is 2. The first kappa shape index (κ1) is 25.0. The van der Waals surface area contributed by atoms with Crippen LogP contribution in [0.25, 0.3) is 11.1 Å². The molecule has 1 aliphatic heterocycles. The number of carbonyl (C=O) groups is 4. The summed E-state index contributed by atoms with van der Waals surface area (Å²) in [4.78, 5) is 45.9. The van der Waals surface area contributed by atoms with E-state index in [9.17, 15) is 19.2 Å². The van der Waals surface area contributed by atoms with Gasteiger partial charge in [0.15, 0.2) is 5.78 Å². The summed E-state index contributed by atoms with van der Waals surface area (Å²) in [5, 5.41) is 0. The number of ketones is 1. The molecule has 3 amide bonds. The zero-order valence-corrected chi connectivity index (χ0v) is 19.6. The summed E-state index contributed by atoms with van der Waals surface area (Å²) in [7, 11) is 0. The zero-order valence-electron chi connectivity index (χ0n) is 19.6. The highest BCUT2D eigenvalue weighted by Gasteiger charge is 2.61. The Morgan fingerprint density at radius 2 is 1.62 bits per heavy atom. The van der Waals surface area contributed by atoms with Gasteiger partial charge in [-0.05, 0) is 68.0 Å². The van der Waals surface area contributed by atoms with Crippen molar-refractivity contribution in [2.75, 3.05) is 0 Å². The van der Waals surface area contributed by atoms with E-state index < -0.39 is 22.8 Å². The van der Waals surface area contributed by atoms with Crippen molar-refractivity contribution in [2.45, 2.75) is 58.0 Å². The second kappa shape index (κ2) is 9.67. The van der Waals surface area contributed by atoms with Crippen LogP contribution >= 0.6 is 0 Å². The predicted molar refractivity (Wildman–Crippen MR) is 128 cm³/mol. The Balaban J connectivity index is 0.000000588. The van der Waals surface area contributed by atoms with Crippen LogP contribution in [0.1, 0.15) is 73.1 Å². The van der Waals surface area contributed by atoms with Crippen molar-refractivity contribution in [1.29, 1.82) is 0 Å². The van der Waals surface area contributed by atoms with Crippen LogP contribution in [-0.4, -0.2) is 29.1 Å². The van der Waals surface area contributed by atoms with E-state index in [1.807, 2.05) is 25.1 Å². The zero-order chi connectivity index (χ0) is 25.1. The monoisotopic (exact) mass is 465 g/mol. The van der Waals surface area contributed by atoms with Gasteiger partial charge < -0.3 is 21.9 Å².